The molecule has 10 heavy (non-hydrogen) atoms. The van der Waals surface area contributed by atoms with E-state index in [1.54, 1.807) is 5.57 Å². The van der Waals surface area contributed by atoms with Gasteiger partial charge in [-0.15, -0.1) is 0 Å². The molecule has 54 valence electrons. The minimum Gasteiger partial charge on any atom is -0.0842 e. The molecule has 2 unspecified atom stereocenters. The van der Waals surface area contributed by atoms with Gasteiger partial charge in [-0.1, -0.05) is 18.2 Å². The van der Waals surface area contributed by atoms with Gasteiger partial charge in [-0.2, -0.15) is 0 Å². The van der Waals surface area contributed by atoms with Gasteiger partial charge < -0.3 is 0 Å². The topological polar surface area (TPSA) is 0 Å². The monoisotopic (exact) mass is 134 g/mol. The van der Waals surface area contributed by atoms with Crippen molar-refractivity contribution >= 4 is 0 Å². The second-order valence-corrected chi connectivity index (χ2v) is 3.42. The molecule has 0 aliphatic heterocycles. The number of rotatable bonds is 0. The first-order valence-electron chi connectivity index (χ1n) is 4.24. The molecule has 0 radical (unpaired) electrons. The van der Waals surface area contributed by atoms with Crippen LogP contribution in [0, 0.1) is 11.8 Å². The van der Waals surface area contributed by atoms with Gasteiger partial charge in [0.25, 0.3) is 0 Å². The first-order chi connectivity index (χ1) is 4.90. The molecule has 0 saturated heterocycles. The minimum atomic E-state index is 0.917. The Hall–Kier alpha value is -0.520. The summed E-state index contributed by atoms with van der Waals surface area (Å²) in [6, 6.07) is 0. The highest BCUT2D eigenvalue weighted by molar-refractivity contribution is 5.27. The standard InChI is InChI=1S/C10H14/c1-2-9-5-3-8-4-6-10(9)7-8/h2-3,5,8,10H,4,6-7H2,1H3/b9-2+. The Kier molecular flexibility index (Phi) is 1.40. The Labute approximate surface area is 62.6 Å². The second-order valence-electron chi connectivity index (χ2n) is 3.42. The lowest BCUT2D eigenvalue weighted by atomic mass is 9.90. The van der Waals surface area contributed by atoms with E-state index in [4.69, 9.17) is 0 Å². The van der Waals surface area contributed by atoms with Crippen LogP contribution < -0.4 is 0 Å². The summed E-state index contributed by atoms with van der Waals surface area (Å²) in [6.07, 6.45) is 11.3. The third-order valence-corrected chi connectivity index (χ3v) is 2.84. The van der Waals surface area contributed by atoms with Crippen LogP contribution in [0.25, 0.3) is 0 Å². The smallest absolute Gasteiger partial charge is 0.0160 e. The molecule has 2 bridgehead atoms. The van der Waals surface area contributed by atoms with Gasteiger partial charge in [0, 0.05) is 0 Å². The summed E-state index contributed by atoms with van der Waals surface area (Å²) in [5.74, 6) is 1.84. The van der Waals surface area contributed by atoms with Gasteiger partial charge in [0.1, 0.15) is 0 Å². The molecule has 0 spiro atoms. The molecule has 0 amide bonds. The van der Waals surface area contributed by atoms with Gasteiger partial charge in [0.05, 0.1) is 0 Å². The molecule has 0 heterocycles. The molecule has 0 N–H and O–H groups in total. The Bertz CT molecular complexity index is 186. The van der Waals surface area contributed by atoms with E-state index in [-0.39, 0.29) is 0 Å². The Morgan fingerprint density at radius 1 is 1.50 bits per heavy atom. The third-order valence-electron chi connectivity index (χ3n) is 2.84. The highest BCUT2D eigenvalue weighted by Gasteiger charge is 2.27. The van der Waals surface area contributed by atoms with E-state index < -0.39 is 0 Å². The van der Waals surface area contributed by atoms with E-state index in [9.17, 15) is 0 Å². The van der Waals surface area contributed by atoms with Crippen molar-refractivity contribution < 1.29 is 0 Å². The van der Waals surface area contributed by atoms with E-state index in [1.807, 2.05) is 0 Å². The van der Waals surface area contributed by atoms with Crippen molar-refractivity contribution in [2.75, 3.05) is 0 Å². The van der Waals surface area contributed by atoms with Crippen molar-refractivity contribution in [2.45, 2.75) is 26.2 Å². The minimum absolute atomic E-state index is 0.917. The van der Waals surface area contributed by atoms with Crippen LogP contribution in [0.1, 0.15) is 26.2 Å². The molecule has 0 heteroatoms. The average molecular weight is 134 g/mol. The van der Waals surface area contributed by atoms with Crippen molar-refractivity contribution in [3.63, 3.8) is 0 Å². The number of fused-ring (bicyclic) bond motifs is 2. The first-order valence-corrected chi connectivity index (χ1v) is 4.24. The summed E-state index contributed by atoms with van der Waals surface area (Å²) in [7, 11) is 0. The third kappa shape index (κ3) is 0.828. The van der Waals surface area contributed by atoms with Crippen molar-refractivity contribution in [2.24, 2.45) is 11.8 Å². The lowest BCUT2D eigenvalue weighted by molar-refractivity contribution is 0.601. The zero-order chi connectivity index (χ0) is 6.97. The zero-order valence-corrected chi connectivity index (χ0v) is 6.51. The SMILES string of the molecule is C/C=C1\C=CC2CCC1C2. The van der Waals surface area contributed by atoms with Gasteiger partial charge in [-0.05, 0) is 43.6 Å². The molecule has 2 aliphatic rings. The molecule has 2 aliphatic carbocycles. The van der Waals surface area contributed by atoms with Crippen LogP contribution in [-0.2, 0) is 0 Å². The van der Waals surface area contributed by atoms with Crippen LogP contribution in [0.4, 0.5) is 0 Å². The predicted octanol–water partition coefficient (Wildman–Crippen LogP) is 2.92. The number of allylic oxidation sites excluding steroid dienone is 4. The molecular weight excluding hydrogens is 120 g/mol. The van der Waals surface area contributed by atoms with Crippen LogP contribution in [0.15, 0.2) is 23.8 Å². The summed E-state index contributed by atoms with van der Waals surface area (Å²) >= 11 is 0. The number of hydrogen-bond acceptors (Lipinski definition) is 0. The van der Waals surface area contributed by atoms with E-state index in [1.165, 1.54) is 19.3 Å². The lowest BCUT2D eigenvalue weighted by Gasteiger charge is -2.15. The van der Waals surface area contributed by atoms with E-state index in [2.05, 4.69) is 25.2 Å². The molecule has 2 rings (SSSR count). The molecule has 0 nitrogen and oxygen atoms in total. The van der Waals surface area contributed by atoms with Gasteiger partial charge in [0.15, 0.2) is 0 Å². The first kappa shape index (κ1) is 6.21. The highest BCUT2D eigenvalue weighted by Crippen LogP contribution is 2.40. The van der Waals surface area contributed by atoms with Crippen LogP contribution in [-0.4, -0.2) is 0 Å². The fourth-order valence-electron chi connectivity index (χ4n) is 2.21. The van der Waals surface area contributed by atoms with Crippen molar-refractivity contribution in [1.29, 1.82) is 0 Å². The molecule has 1 saturated carbocycles. The molecule has 2 atom stereocenters. The lowest BCUT2D eigenvalue weighted by Crippen LogP contribution is -2.01. The summed E-state index contributed by atoms with van der Waals surface area (Å²) in [4.78, 5) is 0. The quantitative estimate of drug-likeness (QED) is 0.478. The molecule has 0 aromatic rings. The Morgan fingerprint density at radius 3 is 3.20 bits per heavy atom. The maximum atomic E-state index is 2.39. The largest absolute Gasteiger partial charge is 0.0842 e. The maximum Gasteiger partial charge on any atom is -0.0160 e. The van der Waals surface area contributed by atoms with Crippen LogP contribution >= 0.6 is 0 Å². The fraction of sp³-hybridized carbons (Fsp3) is 0.600. The van der Waals surface area contributed by atoms with Crippen molar-refractivity contribution in [3.05, 3.63) is 23.8 Å². The highest BCUT2D eigenvalue weighted by atomic mass is 14.3. The molecule has 1 fully saturated rings. The average Bonchev–Trinajstić information content (AvgIpc) is 2.34. The predicted molar refractivity (Wildman–Crippen MR) is 43.7 cm³/mol. The van der Waals surface area contributed by atoms with Gasteiger partial charge in [-0.3, -0.25) is 0 Å². The van der Waals surface area contributed by atoms with E-state index >= 15 is 0 Å². The van der Waals surface area contributed by atoms with Gasteiger partial charge in [-0.25, -0.2) is 0 Å². The fourth-order valence-corrected chi connectivity index (χ4v) is 2.21. The summed E-state index contributed by atoms with van der Waals surface area (Å²) < 4.78 is 0. The second kappa shape index (κ2) is 2.26. The van der Waals surface area contributed by atoms with Crippen LogP contribution in [0.2, 0.25) is 0 Å². The molecular formula is C10H14. The Balaban J connectivity index is 2.27. The van der Waals surface area contributed by atoms with E-state index in [0.717, 1.165) is 11.8 Å². The maximum absolute atomic E-state index is 2.39. The van der Waals surface area contributed by atoms with Crippen LogP contribution in [0.3, 0.4) is 0 Å². The summed E-state index contributed by atoms with van der Waals surface area (Å²) in [5, 5.41) is 0. The summed E-state index contributed by atoms with van der Waals surface area (Å²) in [5.41, 5.74) is 1.58. The van der Waals surface area contributed by atoms with Crippen molar-refractivity contribution in [1.82, 2.24) is 0 Å². The van der Waals surface area contributed by atoms with Gasteiger partial charge in [0.2, 0.25) is 0 Å². The van der Waals surface area contributed by atoms with Crippen molar-refractivity contribution in [3.8, 4) is 0 Å². The van der Waals surface area contributed by atoms with E-state index in [0.29, 0.717) is 0 Å². The normalized spacial score (nSPS) is 41.1. The van der Waals surface area contributed by atoms with Gasteiger partial charge >= 0.3 is 0 Å². The Morgan fingerprint density at radius 2 is 2.40 bits per heavy atom. The summed E-state index contributed by atoms with van der Waals surface area (Å²) in [6.45, 7) is 2.15. The zero-order valence-electron chi connectivity index (χ0n) is 6.51. The van der Waals surface area contributed by atoms with Crippen LogP contribution in [0.5, 0.6) is 0 Å². The molecule has 0 aromatic carbocycles. The molecule has 0 aromatic heterocycles. The number of hydrogen-bond donors (Lipinski definition) is 0.